The van der Waals surface area contributed by atoms with Crippen molar-refractivity contribution in [3.8, 4) is 0 Å². The van der Waals surface area contributed by atoms with Crippen LogP contribution in [0.4, 0.5) is 0 Å². The molecule has 3 heterocycles. The Morgan fingerprint density at radius 1 is 1.17 bits per heavy atom. The third-order valence-corrected chi connectivity index (χ3v) is 7.14. The molecule has 98 valence electrons. The second kappa shape index (κ2) is 5.02. The van der Waals surface area contributed by atoms with E-state index in [9.17, 15) is 0 Å². The van der Waals surface area contributed by atoms with E-state index in [0.29, 0.717) is 10.5 Å². The Bertz CT molecular complexity index is 464. The standard InChI is InChI=1S/C13H19N3S2/c1-7-10-4-14-5-11(10)16-13(15-7)12-6-17-8(2)9(3)18-12/h8-9,12,14H,4-6H2,1-3H3. The molecule has 0 radical (unpaired) electrons. The Balaban J connectivity index is 1.87. The van der Waals surface area contributed by atoms with Crippen molar-refractivity contribution < 1.29 is 0 Å². The Hall–Kier alpha value is -0.260. The summed E-state index contributed by atoms with van der Waals surface area (Å²) in [6.07, 6.45) is 0. The van der Waals surface area contributed by atoms with Crippen LogP contribution in [-0.2, 0) is 13.1 Å². The third kappa shape index (κ3) is 2.28. The van der Waals surface area contributed by atoms with Crippen LogP contribution in [0.15, 0.2) is 0 Å². The van der Waals surface area contributed by atoms with Crippen LogP contribution in [0.2, 0.25) is 0 Å². The first kappa shape index (κ1) is 12.8. The highest BCUT2D eigenvalue weighted by molar-refractivity contribution is 8.07. The maximum atomic E-state index is 4.79. The molecule has 2 aliphatic rings. The minimum Gasteiger partial charge on any atom is -0.307 e. The summed E-state index contributed by atoms with van der Waals surface area (Å²) in [7, 11) is 0. The smallest absolute Gasteiger partial charge is 0.142 e. The van der Waals surface area contributed by atoms with Gasteiger partial charge < -0.3 is 5.32 Å². The molecule has 0 bridgehead atoms. The topological polar surface area (TPSA) is 37.8 Å². The van der Waals surface area contributed by atoms with Crippen LogP contribution in [0, 0.1) is 6.92 Å². The maximum Gasteiger partial charge on any atom is 0.142 e. The SMILES string of the molecule is Cc1nc(C2CSC(C)C(C)S2)nc2c1CNC2. The first-order chi connectivity index (χ1) is 8.65. The first-order valence-corrected chi connectivity index (χ1v) is 8.48. The molecule has 1 saturated heterocycles. The molecule has 0 spiro atoms. The quantitative estimate of drug-likeness (QED) is 0.856. The summed E-state index contributed by atoms with van der Waals surface area (Å²) in [6, 6.07) is 0. The van der Waals surface area contributed by atoms with Crippen molar-refractivity contribution in [2.75, 3.05) is 5.75 Å². The van der Waals surface area contributed by atoms with Crippen LogP contribution in [0.5, 0.6) is 0 Å². The molecule has 3 atom stereocenters. The molecule has 0 aromatic carbocycles. The maximum absolute atomic E-state index is 4.79. The molecule has 2 aliphatic heterocycles. The Morgan fingerprint density at radius 3 is 2.78 bits per heavy atom. The van der Waals surface area contributed by atoms with E-state index in [0.717, 1.165) is 35.6 Å². The zero-order chi connectivity index (χ0) is 12.7. The number of hydrogen-bond donors (Lipinski definition) is 1. The highest BCUT2D eigenvalue weighted by atomic mass is 32.2. The zero-order valence-corrected chi connectivity index (χ0v) is 12.7. The van der Waals surface area contributed by atoms with Gasteiger partial charge in [-0.1, -0.05) is 13.8 Å². The molecular formula is C13H19N3S2. The second-order valence-corrected chi connectivity index (χ2v) is 8.06. The van der Waals surface area contributed by atoms with Crippen molar-refractivity contribution in [2.45, 2.75) is 49.6 Å². The fourth-order valence-corrected chi connectivity index (χ4v) is 5.27. The predicted octanol–water partition coefficient (Wildman–Crippen LogP) is 2.69. The molecule has 0 saturated carbocycles. The van der Waals surface area contributed by atoms with Gasteiger partial charge in [-0.25, -0.2) is 9.97 Å². The lowest BCUT2D eigenvalue weighted by Gasteiger charge is -2.30. The number of aromatic nitrogens is 2. The van der Waals surface area contributed by atoms with Crippen LogP contribution in [0.1, 0.15) is 41.9 Å². The van der Waals surface area contributed by atoms with Crippen molar-refractivity contribution in [2.24, 2.45) is 0 Å². The van der Waals surface area contributed by atoms with Crippen molar-refractivity contribution in [1.82, 2.24) is 15.3 Å². The number of rotatable bonds is 1. The van der Waals surface area contributed by atoms with E-state index in [1.165, 1.54) is 11.3 Å². The van der Waals surface area contributed by atoms with E-state index in [1.54, 1.807) is 0 Å². The van der Waals surface area contributed by atoms with Gasteiger partial charge in [0.2, 0.25) is 0 Å². The number of aryl methyl sites for hydroxylation is 1. The average Bonchev–Trinajstić information content (AvgIpc) is 2.81. The number of fused-ring (bicyclic) bond motifs is 1. The molecule has 1 aromatic heterocycles. The number of nitrogens with zero attached hydrogens (tertiary/aromatic N) is 2. The Kier molecular flexibility index (Phi) is 3.56. The number of thioether (sulfide) groups is 2. The summed E-state index contributed by atoms with van der Waals surface area (Å²) in [6.45, 7) is 8.58. The van der Waals surface area contributed by atoms with Gasteiger partial charge in [0.25, 0.3) is 0 Å². The normalized spacial score (nSPS) is 31.4. The van der Waals surface area contributed by atoms with Crippen molar-refractivity contribution in [3.63, 3.8) is 0 Å². The zero-order valence-electron chi connectivity index (χ0n) is 11.1. The molecule has 0 amide bonds. The summed E-state index contributed by atoms with van der Waals surface area (Å²) in [5.41, 5.74) is 3.69. The van der Waals surface area contributed by atoms with E-state index in [-0.39, 0.29) is 0 Å². The van der Waals surface area contributed by atoms with Gasteiger partial charge in [0, 0.05) is 40.6 Å². The van der Waals surface area contributed by atoms with Gasteiger partial charge in [-0.15, -0.1) is 11.8 Å². The largest absolute Gasteiger partial charge is 0.307 e. The fourth-order valence-electron chi connectivity index (χ4n) is 2.42. The van der Waals surface area contributed by atoms with Crippen molar-refractivity contribution in [3.05, 3.63) is 22.8 Å². The van der Waals surface area contributed by atoms with Gasteiger partial charge in [-0.3, -0.25) is 0 Å². The van der Waals surface area contributed by atoms with E-state index < -0.39 is 0 Å². The second-order valence-electron chi connectivity index (χ2n) is 5.06. The monoisotopic (exact) mass is 281 g/mol. The van der Waals surface area contributed by atoms with Crippen molar-refractivity contribution >= 4 is 23.5 Å². The summed E-state index contributed by atoms with van der Waals surface area (Å²) in [5, 5.41) is 5.25. The van der Waals surface area contributed by atoms with E-state index in [1.807, 2.05) is 11.8 Å². The molecule has 3 rings (SSSR count). The predicted molar refractivity (Wildman–Crippen MR) is 79.0 cm³/mol. The lowest BCUT2D eigenvalue weighted by molar-refractivity contribution is 0.754. The molecule has 18 heavy (non-hydrogen) atoms. The molecule has 3 unspecified atom stereocenters. The molecule has 3 nitrogen and oxygen atoms in total. The van der Waals surface area contributed by atoms with Crippen LogP contribution in [0.25, 0.3) is 0 Å². The van der Waals surface area contributed by atoms with Crippen LogP contribution in [-0.4, -0.2) is 26.2 Å². The average molecular weight is 281 g/mol. The Morgan fingerprint density at radius 2 is 2.00 bits per heavy atom. The number of nitrogens with one attached hydrogen (secondary N) is 1. The summed E-state index contributed by atoms with van der Waals surface area (Å²) < 4.78 is 0. The first-order valence-electron chi connectivity index (χ1n) is 6.49. The van der Waals surface area contributed by atoms with E-state index in [2.05, 4.69) is 37.8 Å². The summed E-state index contributed by atoms with van der Waals surface area (Å²) in [4.78, 5) is 9.53. The summed E-state index contributed by atoms with van der Waals surface area (Å²) >= 11 is 4.09. The van der Waals surface area contributed by atoms with Crippen LogP contribution < -0.4 is 5.32 Å². The van der Waals surface area contributed by atoms with E-state index in [4.69, 9.17) is 9.97 Å². The van der Waals surface area contributed by atoms with E-state index >= 15 is 0 Å². The molecule has 0 aliphatic carbocycles. The molecule has 1 N–H and O–H groups in total. The number of hydrogen-bond acceptors (Lipinski definition) is 5. The van der Waals surface area contributed by atoms with Gasteiger partial charge in [0.05, 0.1) is 10.9 Å². The van der Waals surface area contributed by atoms with Gasteiger partial charge in [-0.05, 0) is 6.92 Å². The van der Waals surface area contributed by atoms with Gasteiger partial charge in [0.15, 0.2) is 0 Å². The third-order valence-electron chi connectivity index (χ3n) is 3.75. The highest BCUT2D eigenvalue weighted by Gasteiger charge is 2.29. The van der Waals surface area contributed by atoms with Gasteiger partial charge in [-0.2, -0.15) is 11.8 Å². The van der Waals surface area contributed by atoms with Crippen LogP contribution in [0.3, 0.4) is 0 Å². The van der Waals surface area contributed by atoms with Gasteiger partial charge >= 0.3 is 0 Å². The highest BCUT2D eigenvalue weighted by Crippen LogP contribution is 2.43. The fraction of sp³-hybridized carbons (Fsp3) is 0.692. The lowest BCUT2D eigenvalue weighted by Crippen LogP contribution is -2.23. The molecule has 1 fully saturated rings. The summed E-state index contributed by atoms with van der Waals surface area (Å²) in [5.74, 6) is 2.19. The Labute approximate surface area is 117 Å². The van der Waals surface area contributed by atoms with Crippen LogP contribution >= 0.6 is 23.5 Å². The molecular weight excluding hydrogens is 262 g/mol. The molecule has 5 heteroatoms. The van der Waals surface area contributed by atoms with Crippen molar-refractivity contribution in [1.29, 1.82) is 0 Å². The van der Waals surface area contributed by atoms with Gasteiger partial charge in [0.1, 0.15) is 5.82 Å². The molecule has 1 aromatic rings. The minimum atomic E-state index is 0.464. The lowest BCUT2D eigenvalue weighted by atomic mass is 10.2. The minimum absolute atomic E-state index is 0.464.